The van der Waals surface area contributed by atoms with Gasteiger partial charge in [0.25, 0.3) is 5.91 Å². The van der Waals surface area contributed by atoms with Crippen LogP contribution in [0.3, 0.4) is 0 Å². The van der Waals surface area contributed by atoms with Gasteiger partial charge in [0.15, 0.2) is 0 Å². The molecule has 2 aromatic carbocycles. The number of hydrogen-bond donors (Lipinski definition) is 1. The van der Waals surface area contributed by atoms with Crippen LogP contribution in [0.4, 0.5) is 5.69 Å². The Bertz CT molecular complexity index is 649. The van der Waals surface area contributed by atoms with Crippen molar-refractivity contribution in [2.75, 3.05) is 5.32 Å². The maximum absolute atomic E-state index is 12.1. The lowest BCUT2D eigenvalue weighted by Crippen LogP contribution is -2.12. The molecule has 0 unspecified atom stereocenters. The van der Waals surface area contributed by atoms with E-state index >= 15 is 0 Å². The summed E-state index contributed by atoms with van der Waals surface area (Å²) in [5.74, 6) is -0.223. The van der Waals surface area contributed by atoms with Crippen molar-refractivity contribution in [2.45, 2.75) is 0 Å². The largest absolute Gasteiger partial charge is 0.321 e. The highest BCUT2D eigenvalue weighted by molar-refractivity contribution is 14.1. The fourth-order valence-corrected chi connectivity index (χ4v) is 3.16. The van der Waals surface area contributed by atoms with E-state index in [4.69, 9.17) is 23.2 Å². The van der Waals surface area contributed by atoms with Crippen molar-refractivity contribution in [3.8, 4) is 0 Å². The summed E-state index contributed by atoms with van der Waals surface area (Å²) in [6.45, 7) is 0. The van der Waals surface area contributed by atoms with Gasteiger partial charge in [-0.15, -0.1) is 0 Å². The van der Waals surface area contributed by atoms with Crippen LogP contribution in [0.2, 0.25) is 10.0 Å². The van der Waals surface area contributed by atoms with Crippen LogP contribution in [-0.2, 0) is 0 Å². The summed E-state index contributed by atoms with van der Waals surface area (Å²) in [4.78, 5) is 12.1. The van der Waals surface area contributed by atoms with Crippen molar-refractivity contribution in [2.24, 2.45) is 0 Å². The summed E-state index contributed by atoms with van der Waals surface area (Å²) in [6, 6.07) is 10.4. The molecular formula is C13H7BrCl2INO. The van der Waals surface area contributed by atoms with Crippen LogP contribution in [0.5, 0.6) is 0 Å². The number of benzene rings is 2. The lowest BCUT2D eigenvalue weighted by atomic mass is 10.2. The Morgan fingerprint density at radius 2 is 1.84 bits per heavy atom. The summed E-state index contributed by atoms with van der Waals surface area (Å²) in [5.41, 5.74) is 1.22. The molecule has 1 amide bonds. The van der Waals surface area contributed by atoms with Gasteiger partial charge in [-0.2, -0.15) is 0 Å². The van der Waals surface area contributed by atoms with Gasteiger partial charge in [0.1, 0.15) is 0 Å². The minimum atomic E-state index is -0.223. The minimum absolute atomic E-state index is 0.223. The third-order valence-corrected chi connectivity index (χ3v) is 4.49. The Hall–Kier alpha value is -0.300. The molecule has 0 saturated carbocycles. The second kappa shape index (κ2) is 6.43. The van der Waals surface area contributed by atoms with E-state index < -0.39 is 0 Å². The molecule has 0 saturated heterocycles. The predicted octanol–water partition coefficient (Wildman–Crippen LogP) is 5.61. The van der Waals surface area contributed by atoms with Crippen LogP contribution >= 0.6 is 61.7 Å². The Labute approximate surface area is 142 Å². The molecule has 1 N–H and O–H groups in total. The SMILES string of the molecule is O=C(Nc1ccc(Br)cc1I)c1ccc(Cl)c(Cl)c1. The zero-order valence-electron chi connectivity index (χ0n) is 9.38. The summed E-state index contributed by atoms with van der Waals surface area (Å²) in [5, 5.41) is 3.62. The zero-order chi connectivity index (χ0) is 14.0. The molecule has 2 nitrogen and oxygen atoms in total. The Morgan fingerprint density at radius 3 is 2.47 bits per heavy atom. The normalized spacial score (nSPS) is 10.3. The zero-order valence-corrected chi connectivity index (χ0v) is 14.6. The van der Waals surface area contributed by atoms with E-state index in [2.05, 4.69) is 43.8 Å². The van der Waals surface area contributed by atoms with Gasteiger partial charge in [-0.05, 0) is 59.0 Å². The monoisotopic (exact) mass is 469 g/mol. The van der Waals surface area contributed by atoms with Gasteiger partial charge >= 0.3 is 0 Å². The van der Waals surface area contributed by atoms with Crippen molar-refractivity contribution in [1.82, 2.24) is 0 Å². The fraction of sp³-hybridized carbons (Fsp3) is 0. The number of carbonyl (C=O) groups excluding carboxylic acids is 1. The molecule has 19 heavy (non-hydrogen) atoms. The molecular weight excluding hydrogens is 464 g/mol. The van der Waals surface area contributed by atoms with E-state index in [1.54, 1.807) is 18.2 Å². The third kappa shape index (κ3) is 3.84. The molecule has 2 aromatic rings. The van der Waals surface area contributed by atoms with Crippen molar-refractivity contribution in [1.29, 1.82) is 0 Å². The van der Waals surface area contributed by atoms with Gasteiger partial charge in [-0.25, -0.2) is 0 Å². The Kier molecular flexibility index (Phi) is 5.11. The maximum atomic E-state index is 12.1. The summed E-state index contributed by atoms with van der Waals surface area (Å²) >= 11 is 17.2. The molecule has 0 bridgehead atoms. The topological polar surface area (TPSA) is 29.1 Å². The average Bonchev–Trinajstić information content (AvgIpc) is 2.36. The van der Waals surface area contributed by atoms with Crippen molar-refractivity contribution in [3.05, 3.63) is 60.0 Å². The lowest BCUT2D eigenvalue weighted by molar-refractivity contribution is 0.102. The highest BCUT2D eigenvalue weighted by Gasteiger charge is 2.10. The second-order valence-corrected chi connectivity index (χ2v) is 6.60. The molecule has 98 valence electrons. The number of amides is 1. The molecule has 0 heterocycles. The van der Waals surface area contributed by atoms with Crippen LogP contribution in [0.1, 0.15) is 10.4 Å². The number of nitrogens with one attached hydrogen (secondary N) is 1. The van der Waals surface area contributed by atoms with Gasteiger partial charge in [0.05, 0.1) is 15.7 Å². The van der Waals surface area contributed by atoms with E-state index in [0.717, 1.165) is 13.7 Å². The van der Waals surface area contributed by atoms with Crippen LogP contribution in [0, 0.1) is 3.57 Å². The first-order valence-electron chi connectivity index (χ1n) is 5.19. The van der Waals surface area contributed by atoms with Crippen LogP contribution in [-0.4, -0.2) is 5.91 Å². The standard InChI is InChI=1S/C13H7BrCl2INO/c14-8-2-4-12(11(17)6-8)18-13(19)7-1-3-9(15)10(16)5-7/h1-6H,(H,18,19). The number of halogens is 4. The number of hydrogen-bond acceptors (Lipinski definition) is 1. The van der Waals surface area contributed by atoms with E-state index in [-0.39, 0.29) is 5.91 Å². The smallest absolute Gasteiger partial charge is 0.255 e. The molecule has 0 aliphatic carbocycles. The highest BCUT2D eigenvalue weighted by atomic mass is 127. The Morgan fingerprint density at radius 1 is 1.11 bits per heavy atom. The molecule has 0 radical (unpaired) electrons. The molecule has 0 atom stereocenters. The summed E-state index contributed by atoms with van der Waals surface area (Å²) in [6.07, 6.45) is 0. The van der Waals surface area contributed by atoms with E-state index in [1.165, 1.54) is 0 Å². The summed E-state index contributed by atoms with van der Waals surface area (Å²) < 4.78 is 1.91. The number of carbonyl (C=O) groups is 1. The summed E-state index contributed by atoms with van der Waals surface area (Å²) in [7, 11) is 0. The van der Waals surface area contributed by atoms with Crippen LogP contribution in [0.15, 0.2) is 40.9 Å². The first-order valence-corrected chi connectivity index (χ1v) is 7.81. The van der Waals surface area contributed by atoms with Crippen molar-refractivity contribution < 1.29 is 4.79 Å². The van der Waals surface area contributed by atoms with Crippen LogP contribution in [0.25, 0.3) is 0 Å². The molecule has 0 fully saturated rings. The van der Waals surface area contributed by atoms with E-state index in [1.807, 2.05) is 18.2 Å². The van der Waals surface area contributed by atoms with E-state index in [0.29, 0.717) is 15.6 Å². The first kappa shape index (κ1) is 15.1. The lowest BCUT2D eigenvalue weighted by Gasteiger charge is -2.08. The third-order valence-electron chi connectivity index (χ3n) is 2.36. The van der Waals surface area contributed by atoms with Gasteiger partial charge in [-0.1, -0.05) is 39.1 Å². The van der Waals surface area contributed by atoms with Crippen LogP contribution < -0.4 is 5.32 Å². The quantitative estimate of drug-likeness (QED) is 0.568. The van der Waals surface area contributed by atoms with Crippen molar-refractivity contribution in [3.63, 3.8) is 0 Å². The minimum Gasteiger partial charge on any atom is -0.321 e. The Balaban J connectivity index is 2.23. The number of rotatable bonds is 2. The highest BCUT2D eigenvalue weighted by Crippen LogP contribution is 2.25. The molecule has 0 aliphatic heterocycles. The first-order chi connectivity index (χ1) is 8.97. The molecule has 0 aromatic heterocycles. The van der Waals surface area contributed by atoms with Gasteiger partial charge in [0, 0.05) is 13.6 Å². The fourth-order valence-electron chi connectivity index (χ4n) is 1.42. The van der Waals surface area contributed by atoms with Gasteiger partial charge in [0.2, 0.25) is 0 Å². The predicted molar refractivity (Wildman–Crippen MR) is 91.3 cm³/mol. The molecule has 0 spiro atoms. The number of anilines is 1. The van der Waals surface area contributed by atoms with Gasteiger partial charge in [-0.3, -0.25) is 4.79 Å². The molecule has 2 rings (SSSR count). The van der Waals surface area contributed by atoms with Gasteiger partial charge < -0.3 is 5.32 Å². The average molecular weight is 471 g/mol. The van der Waals surface area contributed by atoms with Crippen molar-refractivity contribution >= 4 is 73.3 Å². The molecule has 0 aliphatic rings. The van der Waals surface area contributed by atoms with E-state index in [9.17, 15) is 4.79 Å². The second-order valence-electron chi connectivity index (χ2n) is 3.71. The maximum Gasteiger partial charge on any atom is 0.255 e. The molecule has 6 heteroatoms.